The molecular formula is C21H18ClN3O5S. The van der Waals surface area contributed by atoms with Gasteiger partial charge in [0.2, 0.25) is 10.0 Å². The zero-order valence-corrected chi connectivity index (χ0v) is 17.9. The Morgan fingerprint density at radius 1 is 1.06 bits per heavy atom. The highest BCUT2D eigenvalue weighted by molar-refractivity contribution is 7.92. The van der Waals surface area contributed by atoms with Crippen molar-refractivity contribution in [2.75, 3.05) is 15.9 Å². The highest BCUT2D eigenvalue weighted by Gasteiger charge is 2.19. The number of anilines is 2. The zero-order valence-electron chi connectivity index (χ0n) is 16.4. The van der Waals surface area contributed by atoms with Crippen LogP contribution in [0, 0.1) is 10.1 Å². The summed E-state index contributed by atoms with van der Waals surface area (Å²) in [5.74, 6) is -0.476. The van der Waals surface area contributed by atoms with Crippen LogP contribution in [0.5, 0.6) is 0 Å². The van der Waals surface area contributed by atoms with E-state index in [2.05, 4.69) is 5.32 Å². The Balaban J connectivity index is 1.79. The van der Waals surface area contributed by atoms with Crippen LogP contribution in [0.4, 0.5) is 17.1 Å². The first-order chi connectivity index (χ1) is 14.6. The summed E-state index contributed by atoms with van der Waals surface area (Å²) in [5.41, 5.74) is 1.56. The standard InChI is InChI=1S/C21H18ClN3O5S/c1-31(29,30)24(14-15-5-9-17(22)10-6-15)19-11-7-16(8-12-19)21(26)23-18-3-2-4-20(13-18)25(27)28/h2-13H,14H2,1H3,(H,23,26). The fraction of sp³-hybridized carbons (Fsp3) is 0.0952. The third kappa shape index (κ3) is 5.80. The van der Waals surface area contributed by atoms with Crippen molar-refractivity contribution in [3.63, 3.8) is 0 Å². The van der Waals surface area contributed by atoms with Crippen molar-refractivity contribution in [3.8, 4) is 0 Å². The van der Waals surface area contributed by atoms with Gasteiger partial charge < -0.3 is 5.32 Å². The number of nitrogens with one attached hydrogen (secondary N) is 1. The quantitative estimate of drug-likeness (QED) is 0.414. The number of non-ortho nitro benzene ring substituents is 1. The molecule has 3 aromatic carbocycles. The second-order valence-corrected chi connectivity index (χ2v) is 9.05. The van der Waals surface area contributed by atoms with Crippen LogP contribution in [-0.2, 0) is 16.6 Å². The molecule has 0 bridgehead atoms. The van der Waals surface area contributed by atoms with Crippen molar-refractivity contribution in [1.29, 1.82) is 0 Å². The average molecular weight is 460 g/mol. The van der Waals surface area contributed by atoms with Crippen LogP contribution in [-0.4, -0.2) is 25.5 Å². The van der Waals surface area contributed by atoms with Crippen molar-refractivity contribution < 1.29 is 18.1 Å². The molecule has 3 aromatic rings. The molecule has 0 atom stereocenters. The van der Waals surface area contributed by atoms with E-state index < -0.39 is 20.9 Å². The van der Waals surface area contributed by atoms with Gasteiger partial charge in [0.1, 0.15) is 0 Å². The summed E-state index contributed by atoms with van der Waals surface area (Å²) in [6.45, 7) is 0.106. The third-order valence-corrected chi connectivity index (χ3v) is 5.76. The van der Waals surface area contributed by atoms with E-state index in [1.807, 2.05) is 0 Å². The van der Waals surface area contributed by atoms with Crippen molar-refractivity contribution in [2.24, 2.45) is 0 Å². The fourth-order valence-corrected chi connectivity index (χ4v) is 3.85. The molecule has 0 aliphatic rings. The van der Waals surface area contributed by atoms with Crippen molar-refractivity contribution in [2.45, 2.75) is 6.54 Å². The van der Waals surface area contributed by atoms with E-state index in [0.29, 0.717) is 10.7 Å². The van der Waals surface area contributed by atoms with Gasteiger partial charge in [0.05, 0.1) is 23.4 Å². The number of hydrogen-bond acceptors (Lipinski definition) is 5. The minimum Gasteiger partial charge on any atom is -0.322 e. The van der Waals surface area contributed by atoms with Crippen molar-refractivity contribution in [1.82, 2.24) is 0 Å². The molecule has 160 valence electrons. The SMILES string of the molecule is CS(=O)(=O)N(Cc1ccc(Cl)cc1)c1ccc(C(=O)Nc2cccc([N+](=O)[O-])c2)cc1. The van der Waals surface area contributed by atoms with Crippen molar-refractivity contribution in [3.05, 3.63) is 99.1 Å². The Morgan fingerprint density at radius 3 is 2.29 bits per heavy atom. The lowest BCUT2D eigenvalue weighted by atomic mass is 10.1. The minimum atomic E-state index is -3.58. The van der Waals surface area contributed by atoms with E-state index >= 15 is 0 Å². The van der Waals surface area contributed by atoms with Gasteiger partial charge in [0, 0.05) is 28.4 Å². The number of sulfonamides is 1. The van der Waals surface area contributed by atoms with E-state index in [0.717, 1.165) is 11.8 Å². The molecule has 0 saturated heterocycles. The summed E-state index contributed by atoms with van der Waals surface area (Å²) in [7, 11) is -3.58. The lowest BCUT2D eigenvalue weighted by Gasteiger charge is -2.22. The van der Waals surface area contributed by atoms with Crippen LogP contribution in [0.3, 0.4) is 0 Å². The number of nitro benzene ring substituents is 1. The Labute approximate surface area is 184 Å². The number of nitrogens with zero attached hydrogens (tertiary/aromatic N) is 2. The van der Waals surface area contributed by atoms with Gasteiger partial charge in [0.15, 0.2) is 0 Å². The van der Waals surface area contributed by atoms with Gasteiger partial charge in [-0.3, -0.25) is 19.2 Å². The number of hydrogen-bond donors (Lipinski definition) is 1. The van der Waals surface area contributed by atoms with E-state index in [1.54, 1.807) is 24.3 Å². The van der Waals surface area contributed by atoms with E-state index in [-0.39, 0.29) is 23.5 Å². The summed E-state index contributed by atoms with van der Waals surface area (Å²) >= 11 is 5.88. The molecule has 0 fully saturated rings. The summed E-state index contributed by atoms with van der Waals surface area (Å²) in [6, 6.07) is 18.5. The number of carbonyl (C=O) groups is 1. The first kappa shape index (κ1) is 22.3. The number of amides is 1. The van der Waals surface area contributed by atoms with Gasteiger partial charge >= 0.3 is 0 Å². The molecule has 0 aliphatic carbocycles. The molecule has 0 unspecified atom stereocenters. The van der Waals surface area contributed by atoms with Crippen LogP contribution in [0.15, 0.2) is 72.8 Å². The number of nitro groups is 1. The van der Waals surface area contributed by atoms with Crippen LogP contribution < -0.4 is 9.62 Å². The van der Waals surface area contributed by atoms with Gasteiger partial charge in [-0.2, -0.15) is 0 Å². The van der Waals surface area contributed by atoms with E-state index in [9.17, 15) is 23.3 Å². The smallest absolute Gasteiger partial charge is 0.271 e. The first-order valence-electron chi connectivity index (χ1n) is 9.01. The van der Waals surface area contributed by atoms with Crippen LogP contribution in [0.1, 0.15) is 15.9 Å². The molecule has 0 aromatic heterocycles. The second kappa shape index (κ2) is 9.15. The summed E-state index contributed by atoms with van der Waals surface area (Å²) < 4.78 is 25.9. The topological polar surface area (TPSA) is 110 Å². The van der Waals surface area contributed by atoms with Gasteiger partial charge in [-0.1, -0.05) is 29.8 Å². The maximum absolute atomic E-state index is 12.5. The monoisotopic (exact) mass is 459 g/mol. The molecule has 0 saturated carbocycles. The molecular weight excluding hydrogens is 442 g/mol. The highest BCUT2D eigenvalue weighted by Crippen LogP contribution is 2.23. The molecule has 0 spiro atoms. The first-order valence-corrected chi connectivity index (χ1v) is 11.2. The van der Waals surface area contributed by atoms with Gasteiger partial charge in [-0.05, 0) is 48.0 Å². The van der Waals surface area contributed by atoms with Crippen molar-refractivity contribution >= 4 is 44.6 Å². The predicted molar refractivity (Wildman–Crippen MR) is 120 cm³/mol. The maximum Gasteiger partial charge on any atom is 0.271 e. The summed E-state index contributed by atoms with van der Waals surface area (Å²) in [5, 5.41) is 14.0. The number of rotatable bonds is 7. The van der Waals surface area contributed by atoms with Crippen LogP contribution >= 0.6 is 11.6 Å². The average Bonchev–Trinajstić information content (AvgIpc) is 2.73. The molecule has 0 heterocycles. The molecule has 31 heavy (non-hydrogen) atoms. The molecule has 0 aliphatic heterocycles. The minimum absolute atomic E-state index is 0.106. The predicted octanol–water partition coefficient (Wildman–Crippen LogP) is 4.47. The second-order valence-electron chi connectivity index (χ2n) is 6.70. The third-order valence-electron chi connectivity index (χ3n) is 4.37. The highest BCUT2D eigenvalue weighted by atomic mass is 35.5. The Bertz CT molecular complexity index is 1210. The Hall–Kier alpha value is -3.43. The lowest BCUT2D eigenvalue weighted by Crippen LogP contribution is -2.29. The van der Waals surface area contributed by atoms with Gasteiger partial charge in [-0.15, -0.1) is 0 Å². The summed E-state index contributed by atoms with van der Waals surface area (Å²) in [6.07, 6.45) is 1.10. The van der Waals surface area contributed by atoms with E-state index in [4.69, 9.17) is 11.6 Å². The normalized spacial score (nSPS) is 11.0. The molecule has 3 rings (SSSR count). The van der Waals surface area contributed by atoms with Gasteiger partial charge in [-0.25, -0.2) is 8.42 Å². The largest absolute Gasteiger partial charge is 0.322 e. The number of benzene rings is 3. The molecule has 1 N–H and O–H groups in total. The zero-order chi connectivity index (χ0) is 22.6. The number of halogens is 1. The maximum atomic E-state index is 12.5. The fourth-order valence-electron chi connectivity index (χ4n) is 2.84. The Kier molecular flexibility index (Phi) is 6.57. The van der Waals surface area contributed by atoms with Crippen LogP contribution in [0.25, 0.3) is 0 Å². The molecule has 8 nitrogen and oxygen atoms in total. The lowest BCUT2D eigenvalue weighted by molar-refractivity contribution is -0.384. The number of carbonyl (C=O) groups excluding carboxylic acids is 1. The molecule has 1 amide bonds. The summed E-state index contributed by atoms with van der Waals surface area (Å²) in [4.78, 5) is 22.8. The van der Waals surface area contributed by atoms with Crippen LogP contribution in [0.2, 0.25) is 5.02 Å². The molecule has 10 heteroatoms. The van der Waals surface area contributed by atoms with E-state index in [1.165, 1.54) is 52.8 Å². The molecule has 0 radical (unpaired) electrons. The van der Waals surface area contributed by atoms with Gasteiger partial charge in [0.25, 0.3) is 11.6 Å². The Morgan fingerprint density at radius 2 is 1.71 bits per heavy atom.